The maximum absolute atomic E-state index is 13.4. The van der Waals surface area contributed by atoms with E-state index in [1.54, 1.807) is 11.8 Å². The zero-order valence-electron chi connectivity index (χ0n) is 42.1. The average molecular weight is 881 g/mol. The highest BCUT2D eigenvalue weighted by Gasteiger charge is 2.28. The van der Waals surface area contributed by atoms with Crippen molar-refractivity contribution in [1.82, 2.24) is 0 Å². The Balaban J connectivity index is 1.96. The van der Waals surface area contributed by atoms with Crippen molar-refractivity contribution >= 4 is 23.7 Å². The second-order valence-corrected chi connectivity index (χ2v) is 23.4. The quantitative estimate of drug-likeness (QED) is 0.0649. The predicted octanol–water partition coefficient (Wildman–Crippen LogP) is 15.3. The van der Waals surface area contributed by atoms with Gasteiger partial charge in [0.1, 0.15) is 24.2 Å². The van der Waals surface area contributed by atoms with Crippen LogP contribution < -0.4 is 0 Å². The monoisotopic (exact) mass is 881 g/mol. The first-order valence-electron chi connectivity index (χ1n) is 24.6. The van der Waals surface area contributed by atoms with Gasteiger partial charge in [0.05, 0.1) is 0 Å². The fraction of sp³-hybridized carbons (Fsp3) is 0.745. The van der Waals surface area contributed by atoms with E-state index in [2.05, 4.69) is 90.0 Å². The summed E-state index contributed by atoms with van der Waals surface area (Å²) in [5.41, 5.74) is 4.45. The number of carbonyl (C=O) groups is 2. The number of carbonyl (C=O) groups excluding carboxylic acids is 2. The Morgan fingerprint density at radius 2 is 0.839 bits per heavy atom. The van der Waals surface area contributed by atoms with Crippen molar-refractivity contribution in [3.63, 3.8) is 0 Å². The number of ether oxygens (including phenoxy) is 2. The predicted molar refractivity (Wildman–Crippen MR) is 265 cm³/mol. The number of esters is 2. The van der Waals surface area contributed by atoms with E-state index in [4.69, 9.17) is 9.47 Å². The van der Waals surface area contributed by atoms with Crippen molar-refractivity contribution in [2.45, 2.75) is 246 Å². The first-order chi connectivity index (χ1) is 28.9. The molecule has 0 heterocycles. The van der Waals surface area contributed by atoms with E-state index < -0.39 is 6.10 Å². The molecule has 0 amide bonds. The highest BCUT2D eigenvalue weighted by molar-refractivity contribution is 7.99. The summed E-state index contributed by atoms with van der Waals surface area (Å²) >= 11 is 1.77. The van der Waals surface area contributed by atoms with Gasteiger partial charge in [0.2, 0.25) is 0 Å². The molecule has 0 aliphatic heterocycles. The molecular weight excluding hydrogens is 789 g/mol. The second kappa shape index (κ2) is 27.0. The molecule has 0 radical (unpaired) electrons. The minimum Gasteiger partial charge on any atom is -0.507 e. The van der Waals surface area contributed by atoms with Crippen LogP contribution in [-0.4, -0.2) is 46.4 Å². The van der Waals surface area contributed by atoms with Gasteiger partial charge in [-0.3, -0.25) is 9.59 Å². The number of rotatable bonds is 28. The number of aryl methyl sites for hydroxylation is 2. The molecule has 2 aromatic carbocycles. The van der Waals surface area contributed by atoms with Gasteiger partial charge in [0.25, 0.3) is 0 Å². The van der Waals surface area contributed by atoms with E-state index in [1.807, 2.05) is 24.3 Å². The summed E-state index contributed by atoms with van der Waals surface area (Å²) < 4.78 is 11.9. The molecular formula is C55H92O6S. The summed E-state index contributed by atoms with van der Waals surface area (Å²) in [6.45, 7) is 27.4. The fourth-order valence-corrected chi connectivity index (χ4v) is 9.04. The molecule has 62 heavy (non-hydrogen) atoms. The van der Waals surface area contributed by atoms with Crippen LogP contribution in [0.2, 0.25) is 0 Å². The third-order valence-corrected chi connectivity index (χ3v) is 13.2. The van der Waals surface area contributed by atoms with Crippen LogP contribution in [0.15, 0.2) is 24.3 Å². The Morgan fingerprint density at radius 3 is 1.18 bits per heavy atom. The molecule has 0 aromatic heterocycles. The number of hydrogen-bond donors (Lipinski definition) is 2. The molecule has 0 spiro atoms. The molecule has 0 bridgehead atoms. The lowest BCUT2D eigenvalue weighted by Gasteiger charge is -2.28. The second-order valence-electron chi connectivity index (χ2n) is 22.3. The third-order valence-electron chi connectivity index (χ3n) is 12.0. The lowest BCUT2D eigenvalue weighted by atomic mass is 9.78. The standard InChI is InChI=1S/C55H92O6S/c1-14-15-16-17-18-19-20-21-22-23-24-25-26-27-28-29-34-62-40-43(61-49(57)33-31-42-37-46(54(8,9)10)51(59)47(38-42)55(11,12)13)39-60-48(56)32-30-41-35-44(52(2,3)4)50(58)45(36-41)53(5,6)7/h35-38,43,58-59H,14-34,39-40H2,1-13H3. The van der Waals surface area contributed by atoms with Crippen molar-refractivity contribution in [2.75, 3.05) is 18.1 Å². The first-order valence-corrected chi connectivity index (χ1v) is 25.8. The Morgan fingerprint density at radius 1 is 0.516 bits per heavy atom. The first kappa shape index (κ1) is 55.5. The molecule has 0 aliphatic rings. The van der Waals surface area contributed by atoms with Crippen LogP contribution in [0.25, 0.3) is 0 Å². The Labute approximate surface area is 384 Å². The van der Waals surface area contributed by atoms with E-state index in [1.165, 1.54) is 96.3 Å². The minimum absolute atomic E-state index is 0.0220. The molecule has 0 aliphatic carbocycles. The number of hydrogen-bond acceptors (Lipinski definition) is 7. The van der Waals surface area contributed by atoms with Crippen molar-refractivity contribution in [1.29, 1.82) is 0 Å². The van der Waals surface area contributed by atoms with Crippen LogP contribution in [0.1, 0.15) is 239 Å². The van der Waals surface area contributed by atoms with E-state index in [-0.39, 0.29) is 53.0 Å². The third kappa shape index (κ3) is 21.3. The smallest absolute Gasteiger partial charge is 0.306 e. The SMILES string of the molecule is CCCCCCCCCCCCCCCCCCSCC(COC(=O)CCc1cc(C(C)(C)C)c(O)c(C(C)(C)C)c1)OC(=O)CCc1cc(C(C)(C)C)c(O)c(C(C)(C)C)c1. The van der Waals surface area contributed by atoms with E-state index in [0.717, 1.165) is 45.6 Å². The molecule has 1 unspecified atom stereocenters. The highest BCUT2D eigenvalue weighted by atomic mass is 32.2. The van der Waals surface area contributed by atoms with E-state index in [9.17, 15) is 19.8 Å². The summed E-state index contributed by atoms with van der Waals surface area (Å²) in [5.74, 6) is 1.56. The molecule has 2 N–H and O–H groups in total. The molecule has 7 heteroatoms. The molecule has 0 saturated carbocycles. The van der Waals surface area contributed by atoms with Crippen LogP contribution in [-0.2, 0) is 53.6 Å². The fourth-order valence-electron chi connectivity index (χ4n) is 8.04. The number of phenols is 2. The van der Waals surface area contributed by atoms with Gasteiger partial charge in [-0.25, -0.2) is 0 Å². The van der Waals surface area contributed by atoms with Gasteiger partial charge in [0, 0.05) is 18.6 Å². The van der Waals surface area contributed by atoms with Crippen LogP contribution in [0, 0.1) is 0 Å². The normalized spacial score (nSPS) is 13.0. The number of phenolic OH excluding ortho intramolecular Hbond substituents is 2. The molecule has 2 rings (SSSR count). The molecule has 0 fully saturated rings. The lowest BCUT2D eigenvalue weighted by molar-refractivity contribution is -0.157. The number of unbranched alkanes of at least 4 members (excludes halogenated alkanes) is 15. The molecule has 354 valence electrons. The van der Waals surface area contributed by atoms with Crippen LogP contribution in [0.4, 0.5) is 0 Å². The Hall–Kier alpha value is -2.67. The summed E-state index contributed by atoms with van der Waals surface area (Å²) in [5, 5.41) is 22.3. The van der Waals surface area contributed by atoms with Gasteiger partial charge in [0.15, 0.2) is 0 Å². The van der Waals surface area contributed by atoms with Gasteiger partial charge < -0.3 is 19.7 Å². The maximum atomic E-state index is 13.4. The lowest BCUT2D eigenvalue weighted by Crippen LogP contribution is -2.28. The summed E-state index contributed by atoms with van der Waals surface area (Å²) in [6.07, 6.45) is 22.3. The summed E-state index contributed by atoms with van der Waals surface area (Å²) in [6, 6.07) is 8.07. The largest absolute Gasteiger partial charge is 0.507 e. The topological polar surface area (TPSA) is 93.1 Å². The maximum Gasteiger partial charge on any atom is 0.306 e. The molecule has 0 saturated heterocycles. The van der Waals surface area contributed by atoms with Gasteiger partial charge in [-0.2, -0.15) is 11.8 Å². The molecule has 6 nitrogen and oxygen atoms in total. The molecule has 2 aromatic rings. The van der Waals surface area contributed by atoms with E-state index >= 15 is 0 Å². The van der Waals surface area contributed by atoms with Gasteiger partial charge >= 0.3 is 11.9 Å². The van der Waals surface area contributed by atoms with E-state index in [0.29, 0.717) is 30.1 Å². The van der Waals surface area contributed by atoms with Crippen LogP contribution in [0.3, 0.4) is 0 Å². The van der Waals surface area contributed by atoms with Gasteiger partial charge in [-0.05, 0) is 80.1 Å². The molecule has 1 atom stereocenters. The van der Waals surface area contributed by atoms with Crippen molar-refractivity contribution < 1.29 is 29.3 Å². The summed E-state index contributed by atoms with van der Waals surface area (Å²) in [7, 11) is 0. The number of thioether (sulfide) groups is 1. The number of benzene rings is 2. The van der Waals surface area contributed by atoms with Crippen LogP contribution >= 0.6 is 11.8 Å². The zero-order valence-corrected chi connectivity index (χ0v) is 42.9. The van der Waals surface area contributed by atoms with Gasteiger partial charge in [-0.1, -0.05) is 211 Å². The average Bonchev–Trinajstić information content (AvgIpc) is 3.16. The zero-order chi connectivity index (χ0) is 46.6. The number of aromatic hydroxyl groups is 2. The highest BCUT2D eigenvalue weighted by Crippen LogP contribution is 2.41. The Kier molecular flexibility index (Phi) is 24.1. The Bertz CT molecular complexity index is 1550. The van der Waals surface area contributed by atoms with Crippen molar-refractivity contribution in [3.05, 3.63) is 57.6 Å². The minimum atomic E-state index is -0.541. The van der Waals surface area contributed by atoms with Crippen molar-refractivity contribution in [3.8, 4) is 11.5 Å². The van der Waals surface area contributed by atoms with Crippen molar-refractivity contribution in [2.24, 2.45) is 0 Å². The summed E-state index contributed by atoms with van der Waals surface area (Å²) in [4.78, 5) is 26.6. The van der Waals surface area contributed by atoms with Crippen LogP contribution in [0.5, 0.6) is 11.5 Å². The van der Waals surface area contributed by atoms with Gasteiger partial charge in [-0.15, -0.1) is 0 Å².